The van der Waals surface area contributed by atoms with Gasteiger partial charge in [-0.15, -0.1) is 0 Å². The number of rotatable bonds is 7. The van der Waals surface area contributed by atoms with Crippen molar-refractivity contribution in [2.75, 3.05) is 11.9 Å². The third kappa shape index (κ3) is 4.84. The van der Waals surface area contributed by atoms with Crippen LogP contribution in [0.5, 0.6) is 0 Å². The van der Waals surface area contributed by atoms with Crippen molar-refractivity contribution in [2.45, 2.75) is 26.2 Å². The van der Waals surface area contributed by atoms with Gasteiger partial charge < -0.3 is 10.6 Å². The molecule has 22 heavy (non-hydrogen) atoms. The molecule has 2 rings (SSSR count). The molecule has 0 fully saturated rings. The molecule has 0 aliphatic rings. The highest BCUT2D eigenvalue weighted by atomic mass is 19.1. The summed E-state index contributed by atoms with van der Waals surface area (Å²) in [6, 6.07) is 9.57. The van der Waals surface area contributed by atoms with Crippen molar-refractivity contribution in [1.29, 1.82) is 0 Å². The van der Waals surface area contributed by atoms with Gasteiger partial charge in [-0.3, -0.25) is 4.79 Å². The molecule has 1 amide bonds. The fraction of sp³-hybridized carbons (Fsp3) is 0.294. The Kier molecular flexibility index (Phi) is 5.89. The number of anilines is 2. The van der Waals surface area contributed by atoms with E-state index in [1.165, 1.54) is 12.1 Å². The number of amides is 1. The third-order valence-electron chi connectivity index (χ3n) is 3.18. The van der Waals surface area contributed by atoms with Crippen LogP contribution in [-0.2, 0) is 0 Å². The molecule has 0 atom stereocenters. The lowest BCUT2D eigenvalue weighted by Crippen LogP contribution is -2.25. The van der Waals surface area contributed by atoms with Crippen LogP contribution in [-0.4, -0.2) is 17.4 Å². The summed E-state index contributed by atoms with van der Waals surface area (Å²) in [5, 5.41) is 5.88. The Labute approximate surface area is 129 Å². The van der Waals surface area contributed by atoms with Crippen LogP contribution in [0.3, 0.4) is 0 Å². The van der Waals surface area contributed by atoms with Gasteiger partial charge in [0.1, 0.15) is 11.5 Å². The van der Waals surface area contributed by atoms with Crippen LogP contribution in [0, 0.1) is 5.82 Å². The van der Waals surface area contributed by atoms with Gasteiger partial charge in [0.2, 0.25) is 0 Å². The minimum atomic E-state index is -0.305. The minimum absolute atomic E-state index is 0.173. The predicted octanol–water partition coefficient (Wildman–Crippen LogP) is 3.88. The van der Waals surface area contributed by atoms with Gasteiger partial charge in [0.05, 0.1) is 11.9 Å². The Morgan fingerprint density at radius 3 is 2.73 bits per heavy atom. The highest BCUT2D eigenvalue weighted by Crippen LogP contribution is 2.16. The zero-order valence-electron chi connectivity index (χ0n) is 12.6. The van der Waals surface area contributed by atoms with Crippen LogP contribution in [0.2, 0.25) is 0 Å². The van der Waals surface area contributed by atoms with Gasteiger partial charge in [-0.1, -0.05) is 25.8 Å². The molecule has 0 radical (unpaired) electrons. The van der Waals surface area contributed by atoms with Gasteiger partial charge >= 0.3 is 0 Å². The van der Waals surface area contributed by atoms with Crippen molar-refractivity contribution < 1.29 is 9.18 Å². The van der Waals surface area contributed by atoms with E-state index in [-0.39, 0.29) is 11.7 Å². The second kappa shape index (κ2) is 8.12. The number of nitrogens with one attached hydrogen (secondary N) is 2. The number of halogens is 1. The molecule has 116 valence electrons. The van der Waals surface area contributed by atoms with Gasteiger partial charge in [0.25, 0.3) is 5.91 Å². The standard InChI is InChI=1S/C17H20FN3O/c1-2-3-4-10-19-17(22)16-9-8-15(12-20-16)21-14-7-5-6-13(18)11-14/h5-9,11-12,21H,2-4,10H2,1H3,(H,19,22). The lowest BCUT2D eigenvalue weighted by Gasteiger charge is -2.07. The Balaban J connectivity index is 1.91. The first-order valence-electron chi connectivity index (χ1n) is 7.46. The Morgan fingerprint density at radius 2 is 2.05 bits per heavy atom. The first-order chi connectivity index (χ1) is 10.7. The number of nitrogens with zero attached hydrogens (tertiary/aromatic N) is 1. The number of unbranched alkanes of at least 4 members (excludes halogenated alkanes) is 2. The normalized spacial score (nSPS) is 10.3. The molecule has 2 aromatic rings. The molecule has 4 nitrogen and oxygen atoms in total. The minimum Gasteiger partial charge on any atom is -0.354 e. The summed E-state index contributed by atoms with van der Waals surface area (Å²) in [5.74, 6) is -0.477. The summed E-state index contributed by atoms with van der Waals surface area (Å²) in [7, 11) is 0. The highest BCUT2D eigenvalue weighted by molar-refractivity contribution is 5.92. The summed E-state index contributed by atoms with van der Waals surface area (Å²) in [5.41, 5.74) is 1.72. The van der Waals surface area contributed by atoms with Gasteiger partial charge in [-0.2, -0.15) is 0 Å². The molecule has 1 heterocycles. The average Bonchev–Trinajstić information content (AvgIpc) is 2.52. The van der Waals surface area contributed by atoms with E-state index in [1.807, 2.05) is 0 Å². The zero-order chi connectivity index (χ0) is 15.8. The molecule has 1 aromatic heterocycles. The van der Waals surface area contributed by atoms with E-state index in [1.54, 1.807) is 30.5 Å². The number of carbonyl (C=O) groups excluding carboxylic acids is 1. The molecule has 0 bridgehead atoms. The summed E-state index contributed by atoms with van der Waals surface area (Å²) in [4.78, 5) is 16.0. The lowest BCUT2D eigenvalue weighted by atomic mass is 10.2. The SMILES string of the molecule is CCCCCNC(=O)c1ccc(Nc2cccc(F)c2)cn1. The molecule has 0 saturated heterocycles. The van der Waals surface area contributed by atoms with Gasteiger partial charge in [0, 0.05) is 12.2 Å². The van der Waals surface area contributed by atoms with E-state index in [0.29, 0.717) is 23.6 Å². The van der Waals surface area contributed by atoms with Crippen molar-refractivity contribution >= 4 is 17.3 Å². The van der Waals surface area contributed by atoms with E-state index >= 15 is 0 Å². The largest absolute Gasteiger partial charge is 0.354 e. The van der Waals surface area contributed by atoms with E-state index in [4.69, 9.17) is 0 Å². The summed E-state index contributed by atoms with van der Waals surface area (Å²) in [6.07, 6.45) is 4.76. The first kappa shape index (κ1) is 15.9. The maximum absolute atomic E-state index is 13.1. The van der Waals surface area contributed by atoms with Gasteiger partial charge in [-0.25, -0.2) is 9.37 Å². The van der Waals surface area contributed by atoms with Crippen LogP contribution >= 0.6 is 0 Å². The van der Waals surface area contributed by atoms with E-state index in [2.05, 4.69) is 22.5 Å². The molecular weight excluding hydrogens is 281 g/mol. The fourth-order valence-electron chi connectivity index (χ4n) is 2.00. The van der Waals surface area contributed by atoms with Gasteiger partial charge in [-0.05, 0) is 36.8 Å². The van der Waals surface area contributed by atoms with Crippen LogP contribution in [0.1, 0.15) is 36.7 Å². The van der Waals surface area contributed by atoms with Crippen LogP contribution in [0.4, 0.5) is 15.8 Å². The molecule has 0 aliphatic carbocycles. The first-order valence-corrected chi connectivity index (χ1v) is 7.46. The van der Waals surface area contributed by atoms with E-state index in [9.17, 15) is 9.18 Å². The summed E-state index contributed by atoms with van der Waals surface area (Å²) >= 11 is 0. The number of benzene rings is 1. The van der Waals surface area contributed by atoms with E-state index in [0.717, 1.165) is 19.3 Å². The maximum Gasteiger partial charge on any atom is 0.269 e. The smallest absolute Gasteiger partial charge is 0.269 e. The molecule has 0 unspecified atom stereocenters. The van der Waals surface area contributed by atoms with Crippen molar-refractivity contribution in [3.8, 4) is 0 Å². The Hall–Kier alpha value is -2.43. The van der Waals surface area contributed by atoms with Gasteiger partial charge in [0.15, 0.2) is 0 Å². The van der Waals surface area contributed by atoms with Crippen molar-refractivity contribution in [3.05, 3.63) is 54.1 Å². The second-order valence-electron chi connectivity index (χ2n) is 5.03. The summed E-state index contributed by atoms with van der Waals surface area (Å²) < 4.78 is 13.1. The van der Waals surface area contributed by atoms with Crippen molar-refractivity contribution in [3.63, 3.8) is 0 Å². The van der Waals surface area contributed by atoms with Crippen LogP contribution < -0.4 is 10.6 Å². The monoisotopic (exact) mass is 301 g/mol. The Morgan fingerprint density at radius 1 is 1.18 bits per heavy atom. The molecular formula is C17H20FN3O. The average molecular weight is 301 g/mol. The number of hydrogen-bond donors (Lipinski definition) is 2. The molecule has 1 aromatic carbocycles. The topological polar surface area (TPSA) is 54.0 Å². The molecule has 0 saturated carbocycles. The van der Waals surface area contributed by atoms with Crippen LogP contribution in [0.15, 0.2) is 42.6 Å². The molecule has 2 N–H and O–H groups in total. The number of carbonyl (C=O) groups is 1. The fourth-order valence-corrected chi connectivity index (χ4v) is 2.00. The Bertz CT molecular complexity index is 614. The lowest BCUT2D eigenvalue weighted by molar-refractivity contribution is 0.0948. The third-order valence-corrected chi connectivity index (χ3v) is 3.18. The second-order valence-corrected chi connectivity index (χ2v) is 5.03. The molecule has 0 spiro atoms. The summed E-state index contributed by atoms with van der Waals surface area (Å²) in [6.45, 7) is 2.78. The van der Waals surface area contributed by atoms with E-state index < -0.39 is 0 Å². The molecule has 0 aliphatic heterocycles. The van der Waals surface area contributed by atoms with Crippen LogP contribution in [0.25, 0.3) is 0 Å². The predicted molar refractivity (Wildman–Crippen MR) is 85.8 cm³/mol. The molecule has 5 heteroatoms. The number of aromatic nitrogens is 1. The number of hydrogen-bond acceptors (Lipinski definition) is 3. The zero-order valence-corrected chi connectivity index (χ0v) is 12.6. The number of pyridine rings is 1. The highest BCUT2D eigenvalue weighted by Gasteiger charge is 2.06. The quantitative estimate of drug-likeness (QED) is 0.763. The van der Waals surface area contributed by atoms with Crippen molar-refractivity contribution in [2.24, 2.45) is 0 Å². The maximum atomic E-state index is 13.1. The van der Waals surface area contributed by atoms with Crippen molar-refractivity contribution in [1.82, 2.24) is 10.3 Å².